The normalized spacial score (nSPS) is 13.0. The molecule has 10 heavy (non-hydrogen) atoms. The van der Waals surface area contributed by atoms with Crippen LogP contribution in [0.2, 0.25) is 0 Å². The molecule has 1 radical (unpaired) electrons. The molecule has 0 aliphatic heterocycles. The zero-order chi connectivity index (χ0) is 7.40. The second-order valence-corrected chi connectivity index (χ2v) is 2.92. The maximum absolute atomic E-state index is 3.68. The molecule has 0 aromatic carbocycles. The summed E-state index contributed by atoms with van der Waals surface area (Å²) in [6.45, 7) is 4.25. The Morgan fingerprint density at radius 1 is 1.80 bits per heavy atom. The first-order valence-electron chi connectivity index (χ1n) is 3.29. The first-order chi connectivity index (χ1) is 4.83. The van der Waals surface area contributed by atoms with E-state index in [1.807, 2.05) is 0 Å². The fourth-order valence-electron chi connectivity index (χ4n) is 0.532. The average molecular weight is 156 g/mol. The van der Waals surface area contributed by atoms with Gasteiger partial charge in [0.1, 0.15) is 5.00 Å². The van der Waals surface area contributed by atoms with Gasteiger partial charge < -0.3 is 5.32 Å². The maximum atomic E-state index is 3.68. The van der Waals surface area contributed by atoms with Gasteiger partial charge in [-0.15, -0.1) is 5.10 Å². The van der Waals surface area contributed by atoms with Crippen LogP contribution >= 0.6 is 11.5 Å². The number of nitrogens with zero attached hydrogens (tertiary/aromatic N) is 2. The summed E-state index contributed by atoms with van der Waals surface area (Å²) in [5.41, 5.74) is 0. The lowest BCUT2D eigenvalue weighted by molar-refractivity contribution is 0.766. The third kappa shape index (κ3) is 1.95. The predicted molar refractivity (Wildman–Crippen MR) is 42.1 cm³/mol. The van der Waals surface area contributed by atoms with Gasteiger partial charge in [0.25, 0.3) is 0 Å². The molecule has 4 heteroatoms. The number of rotatable bonds is 3. The Balaban J connectivity index is 2.40. The molecular formula is C6H10N3S. The quantitative estimate of drug-likeness (QED) is 0.721. The molecule has 0 amide bonds. The van der Waals surface area contributed by atoms with Crippen LogP contribution in [-0.2, 0) is 0 Å². The van der Waals surface area contributed by atoms with Gasteiger partial charge in [0.2, 0.25) is 0 Å². The van der Waals surface area contributed by atoms with Crippen LogP contribution < -0.4 is 5.32 Å². The van der Waals surface area contributed by atoms with Crippen LogP contribution in [-0.4, -0.2) is 15.6 Å². The summed E-state index contributed by atoms with van der Waals surface area (Å²) in [4.78, 5) is 0. The molecule has 55 valence electrons. The summed E-state index contributed by atoms with van der Waals surface area (Å²) in [6.07, 6.45) is 3.85. The lowest BCUT2D eigenvalue weighted by Gasteiger charge is -2.07. The van der Waals surface area contributed by atoms with E-state index in [0.717, 1.165) is 11.4 Å². The van der Waals surface area contributed by atoms with Crippen molar-refractivity contribution >= 4 is 16.5 Å². The Morgan fingerprint density at radius 3 is 3.10 bits per heavy atom. The van der Waals surface area contributed by atoms with Gasteiger partial charge in [0, 0.05) is 17.6 Å². The van der Waals surface area contributed by atoms with Crippen molar-refractivity contribution in [3.05, 3.63) is 6.20 Å². The van der Waals surface area contributed by atoms with Crippen molar-refractivity contribution in [2.45, 2.75) is 26.3 Å². The van der Waals surface area contributed by atoms with E-state index >= 15 is 0 Å². The fraction of sp³-hybridized carbons (Fsp3) is 0.667. The molecule has 0 saturated carbocycles. The number of hydrogen-bond donors (Lipinski definition) is 1. The van der Waals surface area contributed by atoms with Crippen LogP contribution in [0.4, 0.5) is 5.00 Å². The third-order valence-corrected chi connectivity index (χ3v) is 1.87. The van der Waals surface area contributed by atoms with Gasteiger partial charge >= 0.3 is 0 Å². The highest BCUT2D eigenvalue weighted by atomic mass is 32.1. The Bertz CT molecular complexity index is 173. The fourth-order valence-corrected chi connectivity index (χ4v) is 1.03. The van der Waals surface area contributed by atoms with E-state index in [1.165, 1.54) is 11.5 Å². The minimum atomic E-state index is 0.485. The van der Waals surface area contributed by atoms with Gasteiger partial charge in [-0.25, -0.2) is 0 Å². The zero-order valence-electron chi connectivity index (χ0n) is 6.09. The highest BCUT2D eigenvalue weighted by Crippen LogP contribution is 2.10. The molecule has 1 aromatic heterocycles. The minimum Gasteiger partial charge on any atom is -0.371 e. The molecular weight excluding hydrogens is 146 g/mol. The Labute approximate surface area is 64.6 Å². The van der Waals surface area contributed by atoms with Gasteiger partial charge in [-0.2, -0.15) is 0 Å². The summed E-state index contributed by atoms with van der Waals surface area (Å²) in [7, 11) is 0. The number of hydrogen-bond acceptors (Lipinski definition) is 4. The highest BCUT2D eigenvalue weighted by molar-refractivity contribution is 7.09. The zero-order valence-corrected chi connectivity index (χ0v) is 6.90. The van der Waals surface area contributed by atoms with Gasteiger partial charge in [-0.1, -0.05) is 11.4 Å². The van der Waals surface area contributed by atoms with Crippen molar-refractivity contribution in [2.24, 2.45) is 0 Å². The van der Waals surface area contributed by atoms with Crippen molar-refractivity contribution in [3.63, 3.8) is 0 Å². The molecule has 0 spiro atoms. The summed E-state index contributed by atoms with van der Waals surface area (Å²) >= 11 is 1.34. The number of anilines is 1. The van der Waals surface area contributed by atoms with Crippen LogP contribution in [0.25, 0.3) is 0 Å². The molecule has 1 aromatic rings. The molecule has 0 fully saturated rings. The first kappa shape index (κ1) is 7.47. The van der Waals surface area contributed by atoms with E-state index in [2.05, 4.69) is 34.9 Å². The second kappa shape index (κ2) is 3.51. The second-order valence-electron chi connectivity index (χ2n) is 2.17. The monoisotopic (exact) mass is 156 g/mol. The highest BCUT2D eigenvalue weighted by Gasteiger charge is 1.99. The van der Waals surface area contributed by atoms with Crippen molar-refractivity contribution < 1.29 is 0 Å². The molecule has 0 saturated heterocycles. The molecule has 1 rings (SSSR count). The molecule has 1 N–H and O–H groups in total. The lowest BCUT2D eigenvalue weighted by Crippen LogP contribution is -2.12. The van der Waals surface area contributed by atoms with Crippen molar-refractivity contribution in [1.82, 2.24) is 9.59 Å². The predicted octanol–water partition coefficient (Wildman–Crippen LogP) is 1.55. The van der Waals surface area contributed by atoms with E-state index in [1.54, 1.807) is 0 Å². The summed E-state index contributed by atoms with van der Waals surface area (Å²) in [5.74, 6) is 0. The minimum absolute atomic E-state index is 0.485. The topological polar surface area (TPSA) is 37.8 Å². The maximum Gasteiger partial charge on any atom is 0.152 e. The molecule has 1 heterocycles. The van der Waals surface area contributed by atoms with Crippen LogP contribution in [0.5, 0.6) is 0 Å². The Morgan fingerprint density at radius 2 is 2.60 bits per heavy atom. The number of nitrogens with one attached hydrogen (secondary N) is 1. The Kier molecular flexibility index (Phi) is 2.62. The van der Waals surface area contributed by atoms with E-state index in [0.29, 0.717) is 6.04 Å². The van der Waals surface area contributed by atoms with Crippen LogP contribution in [0.15, 0.2) is 0 Å². The first-order valence-corrected chi connectivity index (χ1v) is 4.07. The van der Waals surface area contributed by atoms with Crippen molar-refractivity contribution in [3.8, 4) is 0 Å². The standard InChI is InChI=1S/C6H10N3S/c1-3-5(2)8-6-4-7-9-10-6/h5,8H,3H2,1-2H3. The average Bonchev–Trinajstić information content (AvgIpc) is 2.40. The SMILES string of the molecule is CCC(C)Nc1[c]nns1. The third-order valence-electron chi connectivity index (χ3n) is 1.31. The van der Waals surface area contributed by atoms with E-state index < -0.39 is 0 Å². The molecule has 0 bridgehead atoms. The summed E-state index contributed by atoms with van der Waals surface area (Å²) in [6, 6.07) is 0.485. The van der Waals surface area contributed by atoms with Crippen molar-refractivity contribution in [1.29, 1.82) is 0 Å². The molecule has 3 nitrogen and oxygen atoms in total. The molecule has 0 aliphatic rings. The number of aromatic nitrogens is 2. The largest absolute Gasteiger partial charge is 0.371 e. The van der Waals surface area contributed by atoms with Crippen LogP contribution in [0.1, 0.15) is 20.3 Å². The Hall–Kier alpha value is -0.640. The summed E-state index contributed by atoms with van der Waals surface area (Å²) < 4.78 is 3.68. The van der Waals surface area contributed by atoms with Gasteiger partial charge in [0.05, 0.1) is 0 Å². The smallest absolute Gasteiger partial charge is 0.152 e. The van der Waals surface area contributed by atoms with Crippen molar-refractivity contribution in [2.75, 3.05) is 5.32 Å². The lowest BCUT2D eigenvalue weighted by atomic mass is 10.3. The molecule has 0 aliphatic carbocycles. The van der Waals surface area contributed by atoms with E-state index in [4.69, 9.17) is 0 Å². The van der Waals surface area contributed by atoms with Gasteiger partial charge in [0.15, 0.2) is 6.20 Å². The van der Waals surface area contributed by atoms with Crippen LogP contribution in [0.3, 0.4) is 0 Å². The van der Waals surface area contributed by atoms with Gasteiger partial charge in [-0.3, -0.25) is 0 Å². The van der Waals surface area contributed by atoms with Gasteiger partial charge in [-0.05, 0) is 13.3 Å². The van der Waals surface area contributed by atoms with Crippen LogP contribution in [0, 0.1) is 6.20 Å². The summed E-state index contributed by atoms with van der Waals surface area (Å²) in [5, 5.41) is 7.73. The van der Waals surface area contributed by atoms with E-state index in [-0.39, 0.29) is 0 Å². The molecule has 1 atom stereocenters. The molecule has 1 unspecified atom stereocenters. The van der Waals surface area contributed by atoms with E-state index in [9.17, 15) is 0 Å².